The number of halogens is 3. The number of carbonyl (C=O) groups is 1. The average molecular weight is 127 g/mol. The zero-order valence-electron chi connectivity index (χ0n) is 3.90. The molecule has 0 atom stereocenters. The van der Waals surface area contributed by atoms with Crippen LogP contribution in [-0.4, -0.2) is 24.7 Å². The zero-order valence-corrected chi connectivity index (χ0v) is 3.90. The molecule has 0 aliphatic carbocycles. The Morgan fingerprint density at radius 2 is 1.75 bits per heavy atom. The van der Waals surface area contributed by atoms with Gasteiger partial charge < -0.3 is 0 Å². The van der Waals surface area contributed by atoms with E-state index in [4.69, 9.17) is 0 Å². The third kappa shape index (κ3) is 1.81. The minimum Gasteiger partial charge on any atom is -0.258 e. The van der Waals surface area contributed by atoms with E-state index in [0.29, 0.717) is 0 Å². The van der Waals surface area contributed by atoms with E-state index in [1.165, 1.54) is 0 Å². The summed E-state index contributed by atoms with van der Waals surface area (Å²) in [6.07, 6.45) is -2.09. The van der Waals surface area contributed by atoms with Crippen molar-refractivity contribution < 1.29 is 18.0 Å². The quantitative estimate of drug-likeness (QED) is 0.403. The molecular formula is C3H4F3NO. The summed E-state index contributed by atoms with van der Waals surface area (Å²) in [5, 5.41) is 0. The second-order valence-electron chi connectivity index (χ2n) is 1.03. The van der Waals surface area contributed by atoms with Crippen LogP contribution in [-0.2, 0) is 0 Å². The first-order valence-electron chi connectivity index (χ1n) is 1.78. The highest BCUT2D eigenvalue weighted by Gasteiger charge is 2.08. The van der Waals surface area contributed by atoms with Gasteiger partial charge in [-0.05, 0) is 0 Å². The monoisotopic (exact) mass is 127 g/mol. The Kier molecular flexibility index (Phi) is 2.98. The summed E-state index contributed by atoms with van der Waals surface area (Å²) in [7, 11) is 0. The van der Waals surface area contributed by atoms with E-state index in [9.17, 15) is 18.0 Å². The molecule has 0 aliphatic rings. The molecule has 0 aromatic rings. The maximum Gasteiger partial charge on any atom is 0.404 e. The zero-order chi connectivity index (χ0) is 6.57. The molecule has 5 heteroatoms. The minimum atomic E-state index is -2.09. The molecule has 0 saturated carbocycles. The Bertz CT molecular complexity index is 82.6. The summed E-state index contributed by atoms with van der Waals surface area (Å²) in [6, 6.07) is 0. The van der Waals surface area contributed by atoms with Crippen LogP contribution in [0.5, 0.6) is 0 Å². The molecule has 0 spiro atoms. The fourth-order valence-corrected chi connectivity index (χ4v) is 0.126. The molecule has 0 aliphatic heterocycles. The van der Waals surface area contributed by atoms with Gasteiger partial charge in [0.1, 0.15) is 0 Å². The molecule has 0 fully saturated rings. The Morgan fingerprint density at radius 3 is 1.75 bits per heavy atom. The number of hydrogen-bond acceptors (Lipinski definition) is 1. The van der Waals surface area contributed by atoms with Gasteiger partial charge in [-0.3, -0.25) is 4.90 Å². The van der Waals surface area contributed by atoms with Crippen LogP contribution in [0.4, 0.5) is 18.0 Å². The summed E-state index contributed by atoms with van der Waals surface area (Å²) in [5.74, 6) is 0. The molecule has 48 valence electrons. The molecule has 0 radical (unpaired) electrons. The van der Waals surface area contributed by atoms with E-state index in [-0.39, 0.29) is 4.90 Å². The largest absolute Gasteiger partial charge is 0.404 e. The SMILES string of the molecule is O=C(F)N(CF)CF. The molecule has 2 nitrogen and oxygen atoms in total. The van der Waals surface area contributed by atoms with E-state index < -0.39 is 19.8 Å². The third-order valence-electron chi connectivity index (χ3n) is 0.537. The summed E-state index contributed by atoms with van der Waals surface area (Å²) < 4.78 is 33.4. The predicted molar refractivity (Wildman–Crippen MR) is 20.3 cm³/mol. The van der Waals surface area contributed by atoms with Crippen molar-refractivity contribution in [1.29, 1.82) is 0 Å². The summed E-state index contributed by atoms with van der Waals surface area (Å²) in [4.78, 5) is 9.16. The Hall–Kier alpha value is -0.740. The third-order valence-corrected chi connectivity index (χ3v) is 0.537. The van der Waals surface area contributed by atoms with Crippen molar-refractivity contribution in [2.45, 2.75) is 0 Å². The first kappa shape index (κ1) is 7.26. The normalized spacial score (nSPS) is 8.88. The summed E-state index contributed by atoms with van der Waals surface area (Å²) in [5.41, 5.74) is 0. The molecule has 8 heavy (non-hydrogen) atoms. The van der Waals surface area contributed by atoms with Gasteiger partial charge >= 0.3 is 6.16 Å². The molecule has 0 heterocycles. The molecule has 0 bridgehead atoms. The van der Waals surface area contributed by atoms with Crippen LogP contribution in [0.3, 0.4) is 0 Å². The predicted octanol–water partition coefficient (Wildman–Crippen LogP) is 1.23. The van der Waals surface area contributed by atoms with Crippen LogP contribution in [0.1, 0.15) is 0 Å². The lowest BCUT2D eigenvalue weighted by atomic mass is 10.9. The van der Waals surface area contributed by atoms with Crippen LogP contribution in [0.25, 0.3) is 0 Å². The maximum atomic E-state index is 11.2. The average Bonchev–Trinajstić information content (AvgIpc) is 1.69. The van der Waals surface area contributed by atoms with Crippen molar-refractivity contribution in [1.82, 2.24) is 4.90 Å². The number of rotatable bonds is 2. The molecule has 0 aromatic carbocycles. The molecule has 0 N–H and O–H groups in total. The molecule has 0 aromatic heterocycles. The van der Waals surface area contributed by atoms with Crippen LogP contribution in [0, 0.1) is 0 Å². The fourth-order valence-electron chi connectivity index (χ4n) is 0.126. The van der Waals surface area contributed by atoms with E-state index in [1.807, 2.05) is 0 Å². The smallest absolute Gasteiger partial charge is 0.258 e. The molecule has 1 amide bonds. The Balaban J connectivity index is 3.52. The van der Waals surface area contributed by atoms with Gasteiger partial charge in [-0.25, -0.2) is 13.6 Å². The Morgan fingerprint density at radius 1 is 1.38 bits per heavy atom. The highest BCUT2D eigenvalue weighted by molar-refractivity contribution is 5.65. The molecule has 0 saturated heterocycles. The number of nitrogens with zero attached hydrogens (tertiary/aromatic N) is 1. The van der Waals surface area contributed by atoms with E-state index >= 15 is 0 Å². The lowest BCUT2D eigenvalue weighted by Crippen LogP contribution is -2.24. The molecule has 0 unspecified atom stereocenters. The minimum absolute atomic E-state index is 0.222. The topological polar surface area (TPSA) is 20.3 Å². The van der Waals surface area contributed by atoms with Crippen LogP contribution >= 0.6 is 0 Å². The van der Waals surface area contributed by atoms with Crippen molar-refractivity contribution in [2.75, 3.05) is 13.6 Å². The maximum absolute atomic E-state index is 11.2. The number of alkyl halides is 2. The van der Waals surface area contributed by atoms with Gasteiger partial charge in [0.05, 0.1) is 0 Å². The van der Waals surface area contributed by atoms with Crippen molar-refractivity contribution in [3.05, 3.63) is 0 Å². The van der Waals surface area contributed by atoms with Crippen LogP contribution in [0.15, 0.2) is 0 Å². The highest BCUT2D eigenvalue weighted by atomic mass is 19.2. The van der Waals surface area contributed by atoms with Crippen LogP contribution < -0.4 is 0 Å². The lowest BCUT2D eigenvalue weighted by Gasteiger charge is -2.05. The van der Waals surface area contributed by atoms with E-state index in [1.54, 1.807) is 0 Å². The van der Waals surface area contributed by atoms with Gasteiger partial charge in [0, 0.05) is 0 Å². The number of amides is 1. The standard InChI is InChI=1S/C3H4F3NO/c4-1-7(2-5)3(6)8/h1-2H2. The van der Waals surface area contributed by atoms with E-state index in [2.05, 4.69) is 0 Å². The van der Waals surface area contributed by atoms with Crippen molar-refractivity contribution in [3.63, 3.8) is 0 Å². The van der Waals surface area contributed by atoms with Gasteiger partial charge in [0.2, 0.25) is 0 Å². The van der Waals surface area contributed by atoms with Crippen LogP contribution in [0.2, 0.25) is 0 Å². The van der Waals surface area contributed by atoms with Crippen molar-refractivity contribution in [3.8, 4) is 0 Å². The van der Waals surface area contributed by atoms with Gasteiger partial charge in [-0.1, -0.05) is 0 Å². The first-order chi connectivity index (χ1) is 3.72. The molecular weight excluding hydrogens is 123 g/mol. The van der Waals surface area contributed by atoms with Gasteiger partial charge in [0.15, 0.2) is 13.6 Å². The van der Waals surface area contributed by atoms with Gasteiger partial charge in [-0.2, -0.15) is 0 Å². The van der Waals surface area contributed by atoms with Gasteiger partial charge in [-0.15, -0.1) is 4.39 Å². The fraction of sp³-hybridized carbons (Fsp3) is 0.667. The lowest BCUT2D eigenvalue weighted by molar-refractivity contribution is 0.119. The summed E-state index contributed by atoms with van der Waals surface area (Å²) in [6.45, 7) is -2.85. The highest BCUT2D eigenvalue weighted by Crippen LogP contribution is 1.92. The van der Waals surface area contributed by atoms with Gasteiger partial charge in [0.25, 0.3) is 0 Å². The second kappa shape index (κ2) is 3.29. The first-order valence-corrected chi connectivity index (χ1v) is 1.78. The van der Waals surface area contributed by atoms with Crippen molar-refractivity contribution >= 4 is 6.16 Å². The molecule has 0 rings (SSSR count). The van der Waals surface area contributed by atoms with E-state index in [0.717, 1.165) is 0 Å². The summed E-state index contributed by atoms with van der Waals surface area (Å²) >= 11 is 0. The Labute approximate surface area is 43.9 Å². The second-order valence-corrected chi connectivity index (χ2v) is 1.03. The van der Waals surface area contributed by atoms with Crippen molar-refractivity contribution in [2.24, 2.45) is 0 Å². The number of hydrogen-bond donors (Lipinski definition) is 0. The number of carbonyl (C=O) groups excluding carboxylic acids is 1.